The molecule has 6 nitrogen and oxygen atoms in total. The smallest absolute Gasteiger partial charge is 0.291 e. The van der Waals surface area contributed by atoms with Crippen molar-refractivity contribution in [1.82, 2.24) is 9.80 Å². The second-order valence-corrected chi connectivity index (χ2v) is 8.49. The van der Waals surface area contributed by atoms with E-state index in [2.05, 4.69) is 0 Å². The number of amides is 1. The number of hydrogen-bond donors (Lipinski definition) is 0. The summed E-state index contributed by atoms with van der Waals surface area (Å²) in [5.41, 5.74) is 1.23. The number of ketones is 2. The van der Waals surface area contributed by atoms with E-state index in [1.807, 2.05) is 43.4 Å². The average Bonchev–Trinajstić information content (AvgIpc) is 3.29. The number of rotatable bonds is 8. The fourth-order valence-electron chi connectivity index (χ4n) is 3.77. The van der Waals surface area contributed by atoms with Gasteiger partial charge in [0.05, 0.1) is 13.2 Å². The highest BCUT2D eigenvalue weighted by molar-refractivity contribution is 7.10. The number of aryl methyl sites for hydroxylation is 1. The van der Waals surface area contributed by atoms with E-state index in [9.17, 15) is 14.4 Å². The lowest BCUT2D eigenvalue weighted by Crippen LogP contribution is -2.32. The van der Waals surface area contributed by atoms with Gasteiger partial charge in [-0.25, -0.2) is 0 Å². The van der Waals surface area contributed by atoms with Crippen molar-refractivity contribution in [3.8, 4) is 5.75 Å². The molecule has 0 saturated carbocycles. The van der Waals surface area contributed by atoms with E-state index < -0.39 is 23.7 Å². The van der Waals surface area contributed by atoms with Gasteiger partial charge >= 0.3 is 0 Å². The molecule has 154 valence electrons. The van der Waals surface area contributed by atoms with Gasteiger partial charge in [-0.2, -0.15) is 0 Å². The molecule has 1 aromatic heterocycles. The molecule has 3 rings (SSSR count). The number of nitrogens with zero attached hydrogens (tertiary/aromatic N) is 2. The summed E-state index contributed by atoms with van der Waals surface area (Å²) >= 11 is 1.46. The van der Waals surface area contributed by atoms with Crippen LogP contribution in [0.1, 0.15) is 33.3 Å². The standard InChI is InChI=1S/C22H26N2O4S/c1-14-13-15(8-9-16(14)28-4)20(25)18-19(17-7-5-12-29-17)24(22(27)21(18)26)11-6-10-23(2)3/h5,7-9,12-13,18-19H,6,10-11H2,1-4H3. The van der Waals surface area contributed by atoms with E-state index in [0.29, 0.717) is 17.9 Å². The van der Waals surface area contributed by atoms with Crippen molar-refractivity contribution in [2.75, 3.05) is 34.3 Å². The van der Waals surface area contributed by atoms with Crippen LogP contribution in [0.15, 0.2) is 35.7 Å². The minimum Gasteiger partial charge on any atom is -0.496 e. The molecule has 0 spiro atoms. The number of hydrogen-bond acceptors (Lipinski definition) is 6. The van der Waals surface area contributed by atoms with E-state index in [4.69, 9.17) is 4.74 Å². The number of Topliss-reactive ketones (excluding diaryl/α,β-unsaturated/α-hetero) is 2. The Kier molecular flexibility index (Phi) is 6.49. The van der Waals surface area contributed by atoms with Crippen molar-refractivity contribution in [1.29, 1.82) is 0 Å². The van der Waals surface area contributed by atoms with Crippen LogP contribution in [0, 0.1) is 12.8 Å². The molecule has 2 heterocycles. The molecule has 2 atom stereocenters. The van der Waals surface area contributed by atoms with Crippen LogP contribution in [-0.2, 0) is 9.59 Å². The Bertz CT molecular complexity index is 908. The molecule has 29 heavy (non-hydrogen) atoms. The molecule has 1 aliphatic rings. The maximum atomic E-state index is 13.3. The molecular formula is C22H26N2O4S. The van der Waals surface area contributed by atoms with Gasteiger partial charge in [-0.05, 0) is 69.2 Å². The molecule has 0 bridgehead atoms. The second kappa shape index (κ2) is 8.88. The Balaban J connectivity index is 1.95. The van der Waals surface area contributed by atoms with Gasteiger partial charge < -0.3 is 14.5 Å². The normalized spacial score (nSPS) is 19.3. The molecule has 0 radical (unpaired) electrons. The lowest BCUT2D eigenvalue weighted by molar-refractivity contribution is -0.140. The minimum atomic E-state index is -1.02. The van der Waals surface area contributed by atoms with Gasteiger partial charge in [-0.1, -0.05) is 6.07 Å². The Morgan fingerprint density at radius 3 is 2.59 bits per heavy atom. The summed E-state index contributed by atoms with van der Waals surface area (Å²) in [4.78, 5) is 43.5. The fourth-order valence-corrected chi connectivity index (χ4v) is 4.65. The summed E-state index contributed by atoms with van der Waals surface area (Å²) in [5.74, 6) is -1.84. The summed E-state index contributed by atoms with van der Waals surface area (Å²) in [5, 5.41) is 1.90. The number of carbonyl (C=O) groups is 3. The largest absolute Gasteiger partial charge is 0.496 e. The van der Waals surface area contributed by atoms with Crippen LogP contribution in [0.2, 0.25) is 0 Å². The Labute approximate surface area is 175 Å². The van der Waals surface area contributed by atoms with E-state index in [0.717, 1.165) is 23.4 Å². The average molecular weight is 415 g/mol. The highest BCUT2D eigenvalue weighted by atomic mass is 32.1. The molecule has 1 fully saturated rings. The van der Waals surface area contributed by atoms with Crippen molar-refractivity contribution in [3.63, 3.8) is 0 Å². The number of methoxy groups -OCH3 is 1. The number of likely N-dealkylation sites (tertiary alicyclic amines) is 1. The van der Waals surface area contributed by atoms with E-state index in [-0.39, 0.29) is 5.78 Å². The summed E-state index contributed by atoms with van der Waals surface area (Å²) < 4.78 is 5.26. The third kappa shape index (κ3) is 4.26. The zero-order valence-electron chi connectivity index (χ0n) is 17.2. The zero-order valence-corrected chi connectivity index (χ0v) is 18.0. The first-order valence-electron chi connectivity index (χ1n) is 9.57. The molecule has 1 amide bonds. The van der Waals surface area contributed by atoms with E-state index in [1.165, 1.54) is 11.3 Å². The number of ether oxygens (including phenoxy) is 1. The lowest BCUT2D eigenvalue weighted by Gasteiger charge is -2.26. The van der Waals surface area contributed by atoms with Crippen molar-refractivity contribution < 1.29 is 19.1 Å². The van der Waals surface area contributed by atoms with Gasteiger partial charge in [0.25, 0.3) is 5.91 Å². The van der Waals surface area contributed by atoms with Crippen molar-refractivity contribution in [2.24, 2.45) is 5.92 Å². The zero-order chi connectivity index (χ0) is 21.1. The van der Waals surface area contributed by atoms with Crippen LogP contribution in [0.5, 0.6) is 5.75 Å². The molecule has 0 N–H and O–H groups in total. The molecule has 2 aromatic rings. The van der Waals surface area contributed by atoms with E-state index >= 15 is 0 Å². The van der Waals surface area contributed by atoms with Gasteiger partial charge in [0.15, 0.2) is 5.78 Å². The van der Waals surface area contributed by atoms with Gasteiger partial charge in [0.2, 0.25) is 5.78 Å². The summed E-state index contributed by atoms with van der Waals surface area (Å²) in [6.07, 6.45) is 0.733. The third-order valence-corrected chi connectivity index (χ3v) is 6.15. The molecule has 7 heteroatoms. The van der Waals surface area contributed by atoms with Crippen molar-refractivity contribution in [2.45, 2.75) is 19.4 Å². The van der Waals surface area contributed by atoms with Gasteiger partial charge in [-0.15, -0.1) is 11.3 Å². The van der Waals surface area contributed by atoms with Crippen LogP contribution in [-0.4, -0.2) is 61.6 Å². The van der Waals surface area contributed by atoms with Crippen molar-refractivity contribution in [3.05, 3.63) is 51.7 Å². The Morgan fingerprint density at radius 2 is 2.00 bits per heavy atom. The molecule has 0 aliphatic carbocycles. The maximum absolute atomic E-state index is 13.3. The third-order valence-electron chi connectivity index (χ3n) is 5.21. The topological polar surface area (TPSA) is 66.9 Å². The second-order valence-electron chi connectivity index (χ2n) is 7.51. The predicted molar refractivity (Wildman–Crippen MR) is 113 cm³/mol. The highest BCUT2D eigenvalue weighted by Gasteiger charge is 2.51. The van der Waals surface area contributed by atoms with E-state index in [1.54, 1.807) is 30.2 Å². The van der Waals surface area contributed by atoms with Crippen molar-refractivity contribution >= 4 is 28.8 Å². The van der Waals surface area contributed by atoms with Crippen LogP contribution >= 0.6 is 11.3 Å². The van der Waals surface area contributed by atoms with Gasteiger partial charge in [0.1, 0.15) is 11.7 Å². The Hall–Kier alpha value is -2.51. The molecular weight excluding hydrogens is 388 g/mol. The Morgan fingerprint density at radius 1 is 1.24 bits per heavy atom. The quantitative estimate of drug-likeness (QED) is 0.377. The van der Waals surface area contributed by atoms with Gasteiger partial charge in [-0.3, -0.25) is 14.4 Å². The van der Waals surface area contributed by atoms with Crippen LogP contribution in [0.25, 0.3) is 0 Å². The summed E-state index contributed by atoms with van der Waals surface area (Å²) in [6.45, 7) is 3.09. The monoisotopic (exact) mass is 414 g/mol. The lowest BCUT2D eigenvalue weighted by atomic mass is 9.88. The summed E-state index contributed by atoms with van der Waals surface area (Å²) in [7, 11) is 5.50. The minimum absolute atomic E-state index is 0.317. The first-order valence-corrected chi connectivity index (χ1v) is 10.4. The SMILES string of the molecule is COc1ccc(C(=O)C2C(=O)C(=O)N(CCCN(C)C)C2c2cccs2)cc1C. The first kappa shape index (κ1) is 21.2. The van der Waals surface area contributed by atoms with Crippen LogP contribution < -0.4 is 4.74 Å². The number of carbonyl (C=O) groups excluding carboxylic acids is 3. The number of thiophene rings is 1. The molecule has 2 unspecified atom stereocenters. The van der Waals surface area contributed by atoms with Gasteiger partial charge in [0, 0.05) is 17.0 Å². The fraction of sp³-hybridized carbons (Fsp3) is 0.409. The number of benzene rings is 1. The van der Waals surface area contributed by atoms with Crippen LogP contribution in [0.3, 0.4) is 0 Å². The molecule has 1 aliphatic heterocycles. The molecule has 1 aromatic carbocycles. The molecule has 1 saturated heterocycles. The predicted octanol–water partition coefficient (Wildman–Crippen LogP) is 2.97. The maximum Gasteiger partial charge on any atom is 0.291 e. The van der Waals surface area contributed by atoms with Crippen LogP contribution in [0.4, 0.5) is 0 Å². The summed E-state index contributed by atoms with van der Waals surface area (Å²) in [6, 6.07) is 8.32. The highest BCUT2D eigenvalue weighted by Crippen LogP contribution is 2.40. The first-order chi connectivity index (χ1) is 13.8.